The lowest BCUT2D eigenvalue weighted by Gasteiger charge is -2.10. The van der Waals surface area contributed by atoms with Crippen molar-refractivity contribution in [3.05, 3.63) is 29.6 Å². The van der Waals surface area contributed by atoms with Gasteiger partial charge >= 0.3 is 0 Å². The van der Waals surface area contributed by atoms with E-state index in [-0.39, 0.29) is 29.9 Å². The molecule has 124 valence electrons. The molecule has 1 amide bonds. The highest BCUT2D eigenvalue weighted by molar-refractivity contribution is 7.91. The molecule has 1 aromatic carbocycles. The average Bonchev–Trinajstić information content (AvgIpc) is 3.01. The van der Waals surface area contributed by atoms with E-state index in [4.69, 9.17) is 0 Å². The van der Waals surface area contributed by atoms with Gasteiger partial charge in [0, 0.05) is 12.0 Å². The number of sulfone groups is 1. The number of benzene rings is 1. The van der Waals surface area contributed by atoms with E-state index in [1.807, 2.05) is 18.2 Å². The lowest BCUT2D eigenvalue weighted by molar-refractivity contribution is -0.120. The van der Waals surface area contributed by atoms with Gasteiger partial charge in [-0.15, -0.1) is 0 Å². The van der Waals surface area contributed by atoms with Gasteiger partial charge in [0.1, 0.15) is 5.82 Å². The van der Waals surface area contributed by atoms with Crippen molar-refractivity contribution in [2.45, 2.75) is 38.6 Å². The number of rotatable bonds is 4. The van der Waals surface area contributed by atoms with Crippen LogP contribution in [0.4, 0.5) is 0 Å². The van der Waals surface area contributed by atoms with Gasteiger partial charge in [-0.2, -0.15) is 0 Å². The molecule has 0 radical (unpaired) electrons. The van der Waals surface area contributed by atoms with E-state index in [0.717, 1.165) is 22.4 Å². The number of hydrogen-bond acceptors (Lipinski definition) is 4. The lowest BCUT2D eigenvalue weighted by atomic mass is 10.1. The fourth-order valence-electron chi connectivity index (χ4n) is 2.83. The summed E-state index contributed by atoms with van der Waals surface area (Å²) < 4.78 is 22.8. The van der Waals surface area contributed by atoms with Crippen LogP contribution in [0.1, 0.15) is 37.6 Å². The Labute approximate surface area is 135 Å². The molecule has 0 bridgehead atoms. The largest absolute Gasteiger partial charge is 0.352 e. The molecule has 0 saturated carbocycles. The minimum Gasteiger partial charge on any atom is -0.352 e. The molecule has 1 saturated heterocycles. The minimum absolute atomic E-state index is 0.0517. The molecule has 7 heteroatoms. The van der Waals surface area contributed by atoms with Crippen molar-refractivity contribution in [1.82, 2.24) is 15.3 Å². The minimum atomic E-state index is -2.98. The molecule has 1 aliphatic heterocycles. The van der Waals surface area contributed by atoms with Crippen molar-refractivity contribution < 1.29 is 13.2 Å². The number of aromatic nitrogens is 2. The van der Waals surface area contributed by atoms with E-state index >= 15 is 0 Å². The molecule has 2 heterocycles. The van der Waals surface area contributed by atoms with Crippen LogP contribution < -0.4 is 5.32 Å². The molecule has 1 aliphatic rings. The van der Waals surface area contributed by atoms with Crippen LogP contribution in [0.3, 0.4) is 0 Å². The number of imidazole rings is 1. The summed E-state index contributed by atoms with van der Waals surface area (Å²) in [5.74, 6) is 1.32. The van der Waals surface area contributed by atoms with Gasteiger partial charge in [0.25, 0.3) is 0 Å². The summed E-state index contributed by atoms with van der Waals surface area (Å²) >= 11 is 0. The summed E-state index contributed by atoms with van der Waals surface area (Å²) in [6, 6.07) is 5.47. The quantitative estimate of drug-likeness (QED) is 0.886. The standard InChI is InChI=1S/C16H21N3O3S/c1-10(2)16-18-13-4-3-11(7-14(13)19-16)8-15(20)17-12-5-6-23(21,22)9-12/h3-4,7,10,12H,5-6,8-9H2,1-2H3,(H,17,20)(H,18,19). The number of aromatic amines is 1. The van der Waals surface area contributed by atoms with Gasteiger partial charge < -0.3 is 10.3 Å². The van der Waals surface area contributed by atoms with Crippen LogP contribution in [-0.4, -0.2) is 41.8 Å². The third-order valence-corrected chi connectivity index (χ3v) is 5.84. The first-order valence-corrected chi connectivity index (χ1v) is 9.63. The van der Waals surface area contributed by atoms with Gasteiger partial charge in [-0.3, -0.25) is 4.79 Å². The molecule has 1 unspecified atom stereocenters. The fourth-order valence-corrected chi connectivity index (χ4v) is 4.51. The number of nitrogens with zero attached hydrogens (tertiary/aromatic N) is 1. The summed E-state index contributed by atoms with van der Waals surface area (Å²) in [5.41, 5.74) is 2.69. The highest BCUT2D eigenvalue weighted by Gasteiger charge is 2.28. The van der Waals surface area contributed by atoms with Crippen LogP contribution in [0.5, 0.6) is 0 Å². The van der Waals surface area contributed by atoms with Crippen molar-refractivity contribution >= 4 is 26.8 Å². The Morgan fingerprint density at radius 2 is 2.22 bits per heavy atom. The van der Waals surface area contributed by atoms with Gasteiger partial charge in [0.15, 0.2) is 9.84 Å². The predicted molar refractivity (Wildman–Crippen MR) is 89.1 cm³/mol. The van der Waals surface area contributed by atoms with Crippen molar-refractivity contribution in [3.8, 4) is 0 Å². The third-order valence-electron chi connectivity index (χ3n) is 4.07. The van der Waals surface area contributed by atoms with E-state index < -0.39 is 9.84 Å². The van der Waals surface area contributed by atoms with Crippen LogP contribution in [0.15, 0.2) is 18.2 Å². The molecular formula is C16H21N3O3S. The normalized spacial score (nSPS) is 20.2. The second kappa shape index (κ2) is 5.96. The molecule has 1 atom stereocenters. The van der Waals surface area contributed by atoms with E-state index in [1.54, 1.807) is 0 Å². The topological polar surface area (TPSA) is 91.9 Å². The summed E-state index contributed by atoms with van der Waals surface area (Å²) in [4.78, 5) is 19.9. The highest BCUT2D eigenvalue weighted by atomic mass is 32.2. The summed E-state index contributed by atoms with van der Waals surface area (Å²) in [6.45, 7) is 4.14. The molecule has 0 spiro atoms. The van der Waals surface area contributed by atoms with E-state index in [1.165, 1.54) is 0 Å². The second-order valence-electron chi connectivity index (χ2n) is 6.47. The van der Waals surface area contributed by atoms with Gasteiger partial charge in [0.05, 0.1) is 29.0 Å². The summed E-state index contributed by atoms with van der Waals surface area (Å²) in [7, 11) is -2.98. The lowest BCUT2D eigenvalue weighted by Crippen LogP contribution is -2.36. The first kappa shape index (κ1) is 16.0. The van der Waals surface area contributed by atoms with Crippen LogP contribution in [-0.2, 0) is 21.1 Å². The maximum atomic E-state index is 12.1. The number of H-pyrrole nitrogens is 1. The zero-order valence-electron chi connectivity index (χ0n) is 13.3. The molecular weight excluding hydrogens is 314 g/mol. The monoisotopic (exact) mass is 335 g/mol. The number of nitrogens with one attached hydrogen (secondary N) is 2. The fraction of sp³-hybridized carbons (Fsp3) is 0.500. The maximum Gasteiger partial charge on any atom is 0.224 e. The van der Waals surface area contributed by atoms with Crippen molar-refractivity contribution in [3.63, 3.8) is 0 Å². The van der Waals surface area contributed by atoms with E-state index in [9.17, 15) is 13.2 Å². The smallest absolute Gasteiger partial charge is 0.224 e. The van der Waals surface area contributed by atoms with Gasteiger partial charge in [-0.05, 0) is 24.1 Å². The first-order valence-electron chi connectivity index (χ1n) is 7.81. The van der Waals surface area contributed by atoms with Gasteiger partial charge in [-0.25, -0.2) is 13.4 Å². The average molecular weight is 335 g/mol. The van der Waals surface area contributed by atoms with Gasteiger partial charge in [0.2, 0.25) is 5.91 Å². The summed E-state index contributed by atoms with van der Waals surface area (Å²) in [6.07, 6.45) is 0.744. The molecule has 2 aromatic rings. The Kier molecular flexibility index (Phi) is 4.14. The summed E-state index contributed by atoms with van der Waals surface area (Å²) in [5, 5.41) is 2.81. The highest BCUT2D eigenvalue weighted by Crippen LogP contribution is 2.19. The molecule has 6 nitrogen and oxygen atoms in total. The van der Waals surface area contributed by atoms with Crippen LogP contribution in [0.2, 0.25) is 0 Å². The van der Waals surface area contributed by atoms with Crippen molar-refractivity contribution in [1.29, 1.82) is 0 Å². The Morgan fingerprint density at radius 1 is 1.43 bits per heavy atom. The number of fused-ring (bicyclic) bond motifs is 1. The Hall–Kier alpha value is -1.89. The zero-order valence-corrected chi connectivity index (χ0v) is 14.1. The zero-order chi connectivity index (χ0) is 16.6. The Bertz CT molecular complexity index is 839. The van der Waals surface area contributed by atoms with Crippen LogP contribution >= 0.6 is 0 Å². The Balaban J connectivity index is 1.67. The molecule has 0 aliphatic carbocycles. The predicted octanol–water partition coefficient (Wildman–Crippen LogP) is 1.53. The van der Waals surface area contributed by atoms with Crippen molar-refractivity contribution in [2.75, 3.05) is 11.5 Å². The maximum absolute atomic E-state index is 12.1. The molecule has 3 rings (SSSR count). The number of carbonyl (C=O) groups is 1. The second-order valence-corrected chi connectivity index (χ2v) is 8.70. The third kappa shape index (κ3) is 3.72. The van der Waals surface area contributed by atoms with Crippen LogP contribution in [0.25, 0.3) is 11.0 Å². The van der Waals surface area contributed by atoms with Crippen LogP contribution in [0, 0.1) is 0 Å². The molecule has 1 aromatic heterocycles. The number of amides is 1. The van der Waals surface area contributed by atoms with E-state index in [2.05, 4.69) is 29.1 Å². The number of carbonyl (C=O) groups excluding carboxylic acids is 1. The molecule has 1 fully saturated rings. The Morgan fingerprint density at radius 3 is 2.87 bits per heavy atom. The van der Waals surface area contributed by atoms with Crippen molar-refractivity contribution in [2.24, 2.45) is 0 Å². The van der Waals surface area contributed by atoms with E-state index in [0.29, 0.717) is 12.3 Å². The number of hydrogen-bond donors (Lipinski definition) is 2. The van der Waals surface area contributed by atoms with Gasteiger partial charge in [-0.1, -0.05) is 19.9 Å². The molecule has 2 N–H and O–H groups in total. The molecule has 23 heavy (non-hydrogen) atoms. The first-order chi connectivity index (χ1) is 10.8. The SMILES string of the molecule is CC(C)c1nc2ccc(CC(=O)NC3CCS(=O)(=O)C3)cc2[nH]1.